The number of likely N-dealkylation sites (tertiary alicyclic amines) is 1. The number of carboxylic acid groups (broad SMARTS) is 1. The van der Waals surface area contributed by atoms with Gasteiger partial charge in [0, 0.05) is 31.7 Å². The predicted octanol–water partition coefficient (Wildman–Crippen LogP) is 3.03. The number of aliphatic hydroxyl groups is 1. The molecule has 3 rings (SSSR count). The summed E-state index contributed by atoms with van der Waals surface area (Å²) < 4.78 is 31.7. The number of aliphatic carboxylic acids is 1. The number of hydrogen-bond acceptors (Lipinski definition) is 5. The number of aromatic nitrogens is 2. The van der Waals surface area contributed by atoms with Crippen molar-refractivity contribution in [2.45, 2.75) is 37.5 Å². The maximum Gasteiger partial charge on any atom is 0.490 e. The molecule has 158 valence electrons. The minimum atomic E-state index is -5.08. The second kappa shape index (κ2) is 10.3. The number of rotatable bonds is 5. The Kier molecular flexibility index (Phi) is 8.10. The molecule has 0 atom stereocenters. The van der Waals surface area contributed by atoms with Crippen LogP contribution in [0.5, 0.6) is 0 Å². The van der Waals surface area contributed by atoms with Crippen molar-refractivity contribution < 1.29 is 28.2 Å². The monoisotopic (exact) mass is 411 g/mol. The zero-order chi connectivity index (χ0) is 21.3. The Morgan fingerprint density at radius 1 is 1.14 bits per heavy atom. The van der Waals surface area contributed by atoms with E-state index < -0.39 is 17.7 Å². The molecule has 6 nitrogen and oxygen atoms in total. The van der Waals surface area contributed by atoms with E-state index in [0.29, 0.717) is 0 Å². The van der Waals surface area contributed by atoms with Crippen molar-refractivity contribution in [3.63, 3.8) is 0 Å². The summed E-state index contributed by atoms with van der Waals surface area (Å²) in [6.07, 6.45) is 3.87. The molecule has 9 heteroatoms. The van der Waals surface area contributed by atoms with Crippen LogP contribution in [0, 0.1) is 0 Å². The second-order valence-corrected chi connectivity index (χ2v) is 6.84. The van der Waals surface area contributed by atoms with Gasteiger partial charge in [0.05, 0.1) is 11.3 Å². The lowest BCUT2D eigenvalue weighted by Gasteiger charge is -2.38. The molecule has 2 N–H and O–H groups in total. The maximum absolute atomic E-state index is 10.8. The van der Waals surface area contributed by atoms with Crippen LogP contribution in [0.2, 0.25) is 0 Å². The van der Waals surface area contributed by atoms with Crippen LogP contribution in [0.3, 0.4) is 0 Å². The van der Waals surface area contributed by atoms with E-state index in [9.17, 15) is 18.3 Å². The van der Waals surface area contributed by atoms with E-state index >= 15 is 0 Å². The maximum atomic E-state index is 10.8. The molecular weight excluding hydrogens is 387 g/mol. The van der Waals surface area contributed by atoms with Crippen LogP contribution < -0.4 is 0 Å². The van der Waals surface area contributed by atoms with Gasteiger partial charge in [-0.15, -0.1) is 0 Å². The molecule has 0 saturated carbocycles. The largest absolute Gasteiger partial charge is 0.490 e. The highest BCUT2D eigenvalue weighted by atomic mass is 19.4. The fourth-order valence-corrected chi connectivity index (χ4v) is 3.13. The molecule has 1 aliphatic rings. The van der Waals surface area contributed by atoms with Gasteiger partial charge in [-0.05, 0) is 37.8 Å². The lowest BCUT2D eigenvalue weighted by molar-refractivity contribution is -0.192. The minimum absolute atomic E-state index is 0.650. The van der Waals surface area contributed by atoms with Crippen LogP contribution >= 0.6 is 0 Å². The first kappa shape index (κ1) is 22.8. The number of nitrogens with zero attached hydrogens (tertiary/aromatic N) is 3. The van der Waals surface area contributed by atoms with E-state index in [1.807, 2.05) is 36.5 Å². The average molecular weight is 411 g/mol. The van der Waals surface area contributed by atoms with Crippen molar-refractivity contribution in [3.05, 3.63) is 60.2 Å². The van der Waals surface area contributed by atoms with Gasteiger partial charge in [0.15, 0.2) is 0 Å². The summed E-state index contributed by atoms with van der Waals surface area (Å²) in [6.45, 7) is 2.96. The number of halogens is 3. The number of alkyl halides is 3. The third kappa shape index (κ3) is 7.43. The normalized spacial score (nSPS) is 16.6. The highest BCUT2D eigenvalue weighted by molar-refractivity contribution is 5.73. The number of carbonyl (C=O) groups is 1. The molecule has 0 radical (unpaired) electrons. The average Bonchev–Trinajstić information content (AvgIpc) is 2.71. The molecule has 1 saturated heterocycles. The first-order chi connectivity index (χ1) is 13.7. The molecule has 0 spiro atoms. The molecule has 2 heterocycles. The molecule has 0 aliphatic carbocycles. The van der Waals surface area contributed by atoms with Crippen LogP contribution in [0.15, 0.2) is 48.9 Å². The van der Waals surface area contributed by atoms with E-state index in [1.165, 1.54) is 0 Å². The highest BCUT2D eigenvalue weighted by Gasteiger charge is 2.38. The SMILES string of the molecule is O=C(O)C(F)(F)F.OC1(c2ccccc2)CCN(CCCc2cnccn2)CC1. The number of piperidine rings is 1. The minimum Gasteiger partial charge on any atom is -0.475 e. The van der Waals surface area contributed by atoms with Crippen LogP contribution in [0.4, 0.5) is 13.2 Å². The van der Waals surface area contributed by atoms with Gasteiger partial charge in [-0.3, -0.25) is 9.97 Å². The molecule has 1 fully saturated rings. The Hall–Kier alpha value is -2.52. The Labute approximate surface area is 167 Å². The van der Waals surface area contributed by atoms with Crippen LogP contribution in [-0.2, 0) is 16.8 Å². The summed E-state index contributed by atoms with van der Waals surface area (Å²) in [5.74, 6) is -2.76. The molecular formula is C20H24F3N3O3. The Balaban J connectivity index is 0.000000370. The quantitative estimate of drug-likeness (QED) is 0.787. The van der Waals surface area contributed by atoms with Gasteiger partial charge in [0.1, 0.15) is 0 Å². The number of aryl methyl sites for hydroxylation is 1. The summed E-state index contributed by atoms with van der Waals surface area (Å²) in [5.41, 5.74) is 1.46. The van der Waals surface area contributed by atoms with E-state index in [-0.39, 0.29) is 0 Å². The van der Waals surface area contributed by atoms with Crippen molar-refractivity contribution >= 4 is 5.97 Å². The van der Waals surface area contributed by atoms with Crippen molar-refractivity contribution in [2.75, 3.05) is 19.6 Å². The van der Waals surface area contributed by atoms with Crippen LogP contribution in [0.1, 0.15) is 30.5 Å². The van der Waals surface area contributed by atoms with Crippen LogP contribution in [0.25, 0.3) is 0 Å². The molecule has 1 aromatic carbocycles. The zero-order valence-electron chi connectivity index (χ0n) is 15.8. The third-order valence-electron chi connectivity index (χ3n) is 4.76. The van der Waals surface area contributed by atoms with Gasteiger partial charge in [-0.1, -0.05) is 30.3 Å². The summed E-state index contributed by atoms with van der Waals surface area (Å²) in [6, 6.07) is 10.1. The van der Waals surface area contributed by atoms with Gasteiger partial charge < -0.3 is 15.1 Å². The second-order valence-electron chi connectivity index (χ2n) is 6.84. The topological polar surface area (TPSA) is 86.5 Å². The van der Waals surface area contributed by atoms with Gasteiger partial charge >= 0.3 is 12.1 Å². The summed E-state index contributed by atoms with van der Waals surface area (Å²) in [7, 11) is 0. The van der Waals surface area contributed by atoms with Crippen molar-refractivity contribution in [2.24, 2.45) is 0 Å². The molecule has 0 bridgehead atoms. The fraction of sp³-hybridized carbons (Fsp3) is 0.450. The van der Waals surface area contributed by atoms with Gasteiger partial charge in [-0.25, -0.2) is 4.79 Å². The first-order valence-corrected chi connectivity index (χ1v) is 9.26. The van der Waals surface area contributed by atoms with Gasteiger partial charge in [-0.2, -0.15) is 13.2 Å². The highest BCUT2D eigenvalue weighted by Crippen LogP contribution is 2.32. The predicted molar refractivity (Wildman–Crippen MR) is 100 cm³/mol. The van der Waals surface area contributed by atoms with E-state index in [0.717, 1.165) is 56.6 Å². The van der Waals surface area contributed by atoms with Gasteiger partial charge in [0.25, 0.3) is 0 Å². The lowest BCUT2D eigenvalue weighted by Crippen LogP contribution is -2.42. The summed E-state index contributed by atoms with van der Waals surface area (Å²) >= 11 is 0. The molecule has 1 aromatic heterocycles. The first-order valence-electron chi connectivity index (χ1n) is 9.26. The lowest BCUT2D eigenvalue weighted by atomic mass is 9.84. The Bertz CT molecular complexity index is 750. The Morgan fingerprint density at radius 3 is 2.28 bits per heavy atom. The smallest absolute Gasteiger partial charge is 0.475 e. The van der Waals surface area contributed by atoms with Crippen molar-refractivity contribution in [3.8, 4) is 0 Å². The zero-order valence-corrected chi connectivity index (χ0v) is 15.8. The van der Waals surface area contributed by atoms with Gasteiger partial charge in [0.2, 0.25) is 0 Å². The van der Waals surface area contributed by atoms with Crippen LogP contribution in [-0.4, -0.2) is 56.9 Å². The summed E-state index contributed by atoms with van der Waals surface area (Å²) in [4.78, 5) is 19.7. The molecule has 0 unspecified atom stereocenters. The molecule has 1 aliphatic heterocycles. The third-order valence-corrected chi connectivity index (χ3v) is 4.76. The van der Waals surface area contributed by atoms with E-state index in [4.69, 9.17) is 9.90 Å². The Morgan fingerprint density at radius 2 is 1.76 bits per heavy atom. The summed E-state index contributed by atoms with van der Waals surface area (Å²) in [5, 5.41) is 17.9. The molecule has 2 aromatic rings. The van der Waals surface area contributed by atoms with E-state index in [2.05, 4.69) is 14.9 Å². The number of benzene rings is 1. The number of carboxylic acids is 1. The molecule has 0 amide bonds. The van der Waals surface area contributed by atoms with Crippen molar-refractivity contribution in [1.29, 1.82) is 0 Å². The number of hydrogen-bond donors (Lipinski definition) is 2. The molecule has 29 heavy (non-hydrogen) atoms. The fourth-order valence-electron chi connectivity index (χ4n) is 3.13. The standard InChI is InChI=1S/C18H23N3O.C2HF3O2/c22-18(16-5-2-1-3-6-16)8-13-21(14-9-18)12-4-7-17-15-19-10-11-20-17;3-2(4,5)1(6)7/h1-3,5-6,10-11,15,22H,4,7-9,12-14H2;(H,6,7). The van der Waals surface area contributed by atoms with E-state index in [1.54, 1.807) is 12.4 Å². The van der Waals surface area contributed by atoms with Crippen molar-refractivity contribution in [1.82, 2.24) is 14.9 Å².